The summed E-state index contributed by atoms with van der Waals surface area (Å²) in [6, 6.07) is 7.27. The van der Waals surface area contributed by atoms with Crippen LogP contribution in [0, 0.1) is 17.2 Å². The van der Waals surface area contributed by atoms with Gasteiger partial charge >= 0.3 is 6.18 Å². The van der Waals surface area contributed by atoms with Gasteiger partial charge in [-0.2, -0.15) is 18.4 Å². The first-order valence-electron chi connectivity index (χ1n) is 7.28. The van der Waals surface area contributed by atoms with Gasteiger partial charge in [-0.3, -0.25) is 10.1 Å². The summed E-state index contributed by atoms with van der Waals surface area (Å²) in [7, 11) is 0. The molecule has 0 aliphatic heterocycles. The molecule has 1 rings (SSSR count). The minimum Gasteiger partial charge on any atom is -0.368 e. The summed E-state index contributed by atoms with van der Waals surface area (Å²) in [5.41, 5.74) is 3.22. The lowest BCUT2D eigenvalue weighted by atomic mass is 9.73. The van der Waals surface area contributed by atoms with Gasteiger partial charge < -0.3 is 5.73 Å². The largest absolute Gasteiger partial charge is 0.398 e. The number of nitrogens with one attached hydrogen (secondary N) is 1. The van der Waals surface area contributed by atoms with E-state index in [1.54, 1.807) is 19.9 Å². The molecule has 8 heteroatoms. The number of hydrogen-bond donors (Lipinski definition) is 2. The van der Waals surface area contributed by atoms with E-state index in [4.69, 9.17) is 11.0 Å². The highest BCUT2D eigenvalue weighted by Crippen LogP contribution is 2.45. The Balaban J connectivity index is 3.57. The van der Waals surface area contributed by atoms with E-state index in [1.165, 1.54) is 24.3 Å². The first kappa shape index (κ1) is 20.5. The molecule has 1 aromatic carbocycles. The lowest BCUT2D eigenvalue weighted by Gasteiger charge is -2.41. The van der Waals surface area contributed by atoms with Crippen molar-refractivity contribution in [1.82, 2.24) is 5.32 Å². The van der Waals surface area contributed by atoms with Crippen molar-refractivity contribution in [2.75, 3.05) is 6.54 Å². The number of carbonyl (C=O) groups excluding carboxylic acids is 1. The second-order valence-electron chi connectivity index (χ2n) is 5.97. The molecule has 0 radical (unpaired) electrons. The number of alkyl halides is 3. The lowest BCUT2D eigenvalue weighted by molar-refractivity contribution is -0.175. The molecule has 0 fully saturated rings. The molecular formula is C16H19BrF3N3O. The molecular weight excluding hydrogens is 387 g/mol. The molecule has 0 aliphatic carbocycles. The zero-order valence-electron chi connectivity index (χ0n) is 13.3. The quantitative estimate of drug-likeness (QED) is 0.681. The molecule has 0 aliphatic rings. The van der Waals surface area contributed by atoms with Gasteiger partial charge in [0.1, 0.15) is 11.5 Å². The molecule has 4 nitrogen and oxygen atoms in total. The van der Waals surface area contributed by atoms with Gasteiger partial charge in [0.25, 0.3) is 0 Å². The third-order valence-corrected chi connectivity index (χ3v) is 4.20. The van der Waals surface area contributed by atoms with Crippen LogP contribution in [0.1, 0.15) is 31.7 Å². The molecule has 132 valence electrons. The topological polar surface area (TPSA) is 78.9 Å². The number of benzene rings is 1. The highest BCUT2D eigenvalue weighted by atomic mass is 79.9. The average Bonchev–Trinajstić information content (AvgIpc) is 2.44. The van der Waals surface area contributed by atoms with E-state index >= 15 is 0 Å². The van der Waals surface area contributed by atoms with Crippen molar-refractivity contribution >= 4 is 21.8 Å². The Hall–Kier alpha value is -1.59. The number of halogens is 4. The van der Waals surface area contributed by atoms with Gasteiger partial charge in [-0.15, -0.1) is 0 Å². The lowest BCUT2D eigenvalue weighted by Crippen LogP contribution is -2.63. The normalized spacial score (nSPS) is 15.6. The number of amides is 1. The molecule has 1 unspecified atom stereocenters. The maximum Gasteiger partial charge on any atom is 0.398 e. The maximum absolute atomic E-state index is 13.9. The van der Waals surface area contributed by atoms with E-state index in [9.17, 15) is 18.0 Å². The second kappa shape index (κ2) is 7.99. The van der Waals surface area contributed by atoms with Gasteiger partial charge in [0, 0.05) is 4.47 Å². The summed E-state index contributed by atoms with van der Waals surface area (Å²) in [6.45, 7) is 2.97. The van der Waals surface area contributed by atoms with Crippen LogP contribution in [0.15, 0.2) is 28.7 Å². The summed E-state index contributed by atoms with van der Waals surface area (Å²) >= 11 is 3.18. The Kier molecular flexibility index (Phi) is 6.81. The number of primary amides is 1. The van der Waals surface area contributed by atoms with E-state index in [0.717, 1.165) is 0 Å². The van der Waals surface area contributed by atoms with Crippen molar-refractivity contribution in [3.05, 3.63) is 34.3 Å². The van der Waals surface area contributed by atoms with Crippen molar-refractivity contribution in [2.24, 2.45) is 11.7 Å². The van der Waals surface area contributed by atoms with E-state index in [0.29, 0.717) is 4.47 Å². The Morgan fingerprint density at radius 2 is 1.88 bits per heavy atom. The zero-order valence-corrected chi connectivity index (χ0v) is 14.9. The fourth-order valence-electron chi connectivity index (χ4n) is 2.87. The smallest absolute Gasteiger partial charge is 0.368 e. The van der Waals surface area contributed by atoms with Crippen LogP contribution >= 0.6 is 15.9 Å². The summed E-state index contributed by atoms with van der Waals surface area (Å²) in [4.78, 5) is 12.1. The Morgan fingerprint density at radius 3 is 2.25 bits per heavy atom. The zero-order chi connectivity index (χ0) is 18.5. The fraction of sp³-hybridized carbons (Fsp3) is 0.500. The van der Waals surface area contributed by atoms with E-state index in [-0.39, 0.29) is 17.9 Å². The number of carbonyl (C=O) groups is 1. The standard InChI is InChI=1S/C16H19BrF3N3O/c1-10(2)9-15(14(22)24,23-8-7-21)13(16(18,19)20)11-3-5-12(17)6-4-11/h3-6,10,13,23H,8-9H2,1-2H3,(H2,22,24)/t13?,15-/m1/s1. The van der Waals surface area contributed by atoms with Crippen molar-refractivity contribution < 1.29 is 18.0 Å². The van der Waals surface area contributed by atoms with Gasteiger partial charge in [0.2, 0.25) is 5.91 Å². The van der Waals surface area contributed by atoms with Gasteiger partial charge in [0.15, 0.2) is 0 Å². The monoisotopic (exact) mass is 405 g/mol. The Labute approximate surface area is 147 Å². The molecule has 3 N–H and O–H groups in total. The SMILES string of the molecule is CC(C)C[C@](NCC#N)(C(N)=O)C(c1ccc(Br)cc1)C(F)(F)F. The molecule has 0 bridgehead atoms. The van der Waals surface area contributed by atoms with Crippen molar-refractivity contribution in [2.45, 2.75) is 37.9 Å². The predicted octanol–water partition coefficient (Wildman–Crippen LogP) is 3.48. The van der Waals surface area contributed by atoms with Gasteiger partial charge in [-0.1, -0.05) is 41.9 Å². The van der Waals surface area contributed by atoms with E-state index in [1.807, 2.05) is 0 Å². The molecule has 0 heterocycles. The highest BCUT2D eigenvalue weighted by Gasteiger charge is 2.57. The van der Waals surface area contributed by atoms with Gasteiger partial charge in [-0.05, 0) is 30.0 Å². The highest BCUT2D eigenvalue weighted by molar-refractivity contribution is 9.10. The van der Waals surface area contributed by atoms with Crippen LogP contribution in [0.2, 0.25) is 0 Å². The average molecular weight is 406 g/mol. The molecule has 24 heavy (non-hydrogen) atoms. The summed E-state index contributed by atoms with van der Waals surface area (Å²) in [5, 5.41) is 11.3. The minimum absolute atomic E-state index is 0.0874. The van der Waals surface area contributed by atoms with Gasteiger partial charge in [0.05, 0.1) is 12.6 Å². The molecule has 0 aromatic heterocycles. The number of nitriles is 1. The van der Waals surface area contributed by atoms with Crippen LogP contribution in [0.4, 0.5) is 13.2 Å². The van der Waals surface area contributed by atoms with Crippen LogP contribution in [0.25, 0.3) is 0 Å². The fourth-order valence-corrected chi connectivity index (χ4v) is 3.14. The van der Waals surface area contributed by atoms with Crippen LogP contribution in [0.5, 0.6) is 0 Å². The summed E-state index contributed by atoms with van der Waals surface area (Å²) < 4.78 is 42.3. The molecule has 1 aromatic rings. The van der Waals surface area contributed by atoms with Crippen molar-refractivity contribution in [1.29, 1.82) is 5.26 Å². The van der Waals surface area contributed by atoms with Crippen LogP contribution in [-0.2, 0) is 4.79 Å². The van der Waals surface area contributed by atoms with Crippen LogP contribution in [0.3, 0.4) is 0 Å². The first-order chi connectivity index (χ1) is 11.0. The van der Waals surface area contributed by atoms with Crippen molar-refractivity contribution in [3.63, 3.8) is 0 Å². The summed E-state index contributed by atoms with van der Waals surface area (Å²) in [6.07, 6.45) is -4.87. The molecule has 0 spiro atoms. The maximum atomic E-state index is 13.9. The first-order valence-corrected chi connectivity index (χ1v) is 8.08. The molecule has 0 saturated carbocycles. The predicted molar refractivity (Wildman–Crippen MR) is 87.9 cm³/mol. The molecule has 1 amide bonds. The number of rotatable bonds is 7. The molecule has 2 atom stereocenters. The van der Waals surface area contributed by atoms with Crippen LogP contribution in [-0.4, -0.2) is 24.2 Å². The second-order valence-corrected chi connectivity index (χ2v) is 6.89. The van der Waals surface area contributed by atoms with Crippen molar-refractivity contribution in [3.8, 4) is 6.07 Å². The number of hydrogen-bond acceptors (Lipinski definition) is 3. The molecule has 0 saturated heterocycles. The number of nitrogens with two attached hydrogens (primary N) is 1. The van der Waals surface area contributed by atoms with Crippen LogP contribution < -0.4 is 11.1 Å². The Bertz CT molecular complexity index is 610. The van der Waals surface area contributed by atoms with E-state index < -0.39 is 30.1 Å². The Morgan fingerprint density at radius 1 is 1.33 bits per heavy atom. The third kappa shape index (κ3) is 4.71. The number of nitrogens with zero attached hydrogens (tertiary/aromatic N) is 1. The minimum atomic E-state index is -4.72. The van der Waals surface area contributed by atoms with Gasteiger partial charge in [-0.25, -0.2) is 0 Å². The third-order valence-electron chi connectivity index (χ3n) is 3.68. The summed E-state index contributed by atoms with van der Waals surface area (Å²) in [5.74, 6) is -3.54. The van der Waals surface area contributed by atoms with E-state index in [2.05, 4.69) is 21.2 Å².